The van der Waals surface area contributed by atoms with Gasteiger partial charge in [-0.1, -0.05) is 6.92 Å². The molecule has 2 atom stereocenters. The number of hydrogen-bond acceptors (Lipinski definition) is 4. The summed E-state index contributed by atoms with van der Waals surface area (Å²) in [6.07, 6.45) is 1.84. The number of rotatable bonds is 7. The third kappa shape index (κ3) is 4.59. The molecule has 2 unspecified atom stereocenters. The summed E-state index contributed by atoms with van der Waals surface area (Å²) in [5.41, 5.74) is 0. The maximum absolute atomic E-state index is 10.8. The third-order valence-corrected chi connectivity index (χ3v) is 2.33. The lowest BCUT2D eigenvalue weighted by Gasteiger charge is -2.16. The number of aliphatic carboxylic acids is 1. The van der Waals surface area contributed by atoms with E-state index in [1.54, 1.807) is 0 Å². The van der Waals surface area contributed by atoms with Gasteiger partial charge in [-0.05, 0) is 19.4 Å². The van der Waals surface area contributed by atoms with Gasteiger partial charge in [0.1, 0.15) is 6.04 Å². The topological polar surface area (TPSA) is 67.8 Å². The van der Waals surface area contributed by atoms with Gasteiger partial charge in [-0.2, -0.15) is 0 Å². The highest BCUT2D eigenvalue weighted by Gasteiger charge is 2.21. The predicted molar refractivity (Wildman–Crippen MR) is 54.9 cm³/mol. The highest BCUT2D eigenvalue weighted by molar-refractivity contribution is 5.73. The second-order valence-corrected chi connectivity index (χ2v) is 3.66. The Balaban J connectivity index is 2.20. The van der Waals surface area contributed by atoms with Crippen LogP contribution in [0.15, 0.2) is 0 Å². The van der Waals surface area contributed by atoms with Crippen molar-refractivity contribution in [2.75, 3.05) is 26.4 Å². The molecule has 15 heavy (non-hydrogen) atoms. The molecule has 1 saturated heterocycles. The highest BCUT2D eigenvalue weighted by Crippen LogP contribution is 2.08. The summed E-state index contributed by atoms with van der Waals surface area (Å²) in [5, 5.41) is 11.8. The zero-order valence-corrected chi connectivity index (χ0v) is 9.07. The number of ether oxygens (including phenoxy) is 2. The van der Waals surface area contributed by atoms with Crippen molar-refractivity contribution in [1.29, 1.82) is 0 Å². The zero-order valence-electron chi connectivity index (χ0n) is 9.07. The molecule has 0 aromatic heterocycles. The Bertz CT molecular complexity index is 192. The number of carboxylic acid groups (broad SMARTS) is 1. The van der Waals surface area contributed by atoms with Gasteiger partial charge in [0.05, 0.1) is 19.3 Å². The molecule has 0 bridgehead atoms. The van der Waals surface area contributed by atoms with E-state index in [9.17, 15) is 4.79 Å². The van der Waals surface area contributed by atoms with E-state index in [1.165, 1.54) is 0 Å². The van der Waals surface area contributed by atoms with Gasteiger partial charge in [-0.15, -0.1) is 0 Å². The quantitative estimate of drug-likeness (QED) is 0.639. The summed E-state index contributed by atoms with van der Waals surface area (Å²) < 4.78 is 10.6. The van der Waals surface area contributed by atoms with Crippen molar-refractivity contribution in [2.45, 2.75) is 31.9 Å². The van der Waals surface area contributed by atoms with E-state index in [0.717, 1.165) is 12.8 Å². The first-order valence-electron chi connectivity index (χ1n) is 5.39. The Morgan fingerprint density at radius 1 is 1.73 bits per heavy atom. The van der Waals surface area contributed by atoms with Gasteiger partial charge in [0.25, 0.3) is 0 Å². The molecule has 2 N–H and O–H groups in total. The van der Waals surface area contributed by atoms with Gasteiger partial charge < -0.3 is 19.9 Å². The van der Waals surface area contributed by atoms with Gasteiger partial charge in [-0.25, -0.2) is 0 Å². The van der Waals surface area contributed by atoms with Crippen molar-refractivity contribution in [1.82, 2.24) is 5.32 Å². The molecule has 1 rings (SSSR count). The normalized spacial score (nSPS) is 22.9. The maximum atomic E-state index is 10.8. The predicted octanol–water partition coefficient (Wildman–Crippen LogP) is 0.245. The molecular weight excluding hydrogens is 198 g/mol. The number of carboxylic acids is 1. The molecule has 5 heteroatoms. The molecule has 0 amide bonds. The minimum Gasteiger partial charge on any atom is -0.480 e. The van der Waals surface area contributed by atoms with Crippen LogP contribution in [0.1, 0.15) is 19.8 Å². The standard InChI is InChI=1S/C10H19NO4/c1-2-4-11-9(10(12)13)7-15-8-3-5-14-6-8/h8-9,11H,2-7H2,1H3,(H,12,13). The van der Waals surface area contributed by atoms with Crippen LogP contribution in [0.5, 0.6) is 0 Å². The van der Waals surface area contributed by atoms with Crippen LogP contribution in [0.25, 0.3) is 0 Å². The fourth-order valence-corrected chi connectivity index (χ4v) is 1.41. The molecule has 0 spiro atoms. The fraction of sp³-hybridized carbons (Fsp3) is 0.900. The Morgan fingerprint density at radius 3 is 3.07 bits per heavy atom. The average molecular weight is 217 g/mol. The number of nitrogens with one attached hydrogen (secondary N) is 1. The van der Waals surface area contributed by atoms with Crippen molar-refractivity contribution >= 4 is 5.97 Å². The number of hydrogen-bond donors (Lipinski definition) is 2. The summed E-state index contributed by atoms with van der Waals surface area (Å²) >= 11 is 0. The Kier molecular flexibility index (Phi) is 5.60. The van der Waals surface area contributed by atoms with Crippen LogP contribution < -0.4 is 5.32 Å². The molecule has 0 aromatic rings. The van der Waals surface area contributed by atoms with Gasteiger partial charge in [0, 0.05) is 6.61 Å². The van der Waals surface area contributed by atoms with Crippen LogP contribution in [0.2, 0.25) is 0 Å². The minimum atomic E-state index is -0.859. The van der Waals surface area contributed by atoms with E-state index in [-0.39, 0.29) is 12.7 Å². The van der Waals surface area contributed by atoms with E-state index < -0.39 is 12.0 Å². The van der Waals surface area contributed by atoms with E-state index >= 15 is 0 Å². The molecule has 0 radical (unpaired) electrons. The Morgan fingerprint density at radius 2 is 2.53 bits per heavy atom. The third-order valence-electron chi connectivity index (χ3n) is 2.33. The smallest absolute Gasteiger partial charge is 0.323 e. The first-order valence-corrected chi connectivity index (χ1v) is 5.39. The van der Waals surface area contributed by atoms with Crippen molar-refractivity contribution in [3.63, 3.8) is 0 Å². The first-order chi connectivity index (χ1) is 7.24. The van der Waals surface area contributed by atoms with Crippen molar-refractivity contribution in [3.05, 3.63) is 0 Å². The van der Waals surface area contributed by atoms with Crippen molar-refractivity contribution in [2.24, 2.45) is 0 Å². The lowest BCUT2D eigenvalue weighted by atomic mass is 10.3. The summed E-state index contributed by atoms with van der Waals surface area (Å²) in [6.45, 7) is 4.20. The second kappa shape index (κ2) is 6.76. The SMILES string of the molecule is CCCNC(COC1CCOC1)C(=O)O. The zero-order chi connectivity index (χ0) is 11.1. The highest BCUT2D eigenvalue weighted by atomic mass is 16.5. The van der Waals surface area contributed by atoms with Crippen LogP contribution in [0.3, 0.4) is 0 Å². The van der Waals surface area contributed by atoms with Crippen LogP contribution in [0, 0.1) is 0 Å². The lowest BCUT2D eigenvalue weighted by Crippen LogP contribution is -2.41. The molecule has 1 aliphatic heterocycles. The van der Waals surface area contributed by atoms with E-state index in [1.807, 2.05) is 6.92 Å². The van der Waals surface area contributed by atoms with E-state index in [4.69, 9.17) is 14.6 Å². The van der Waals surface area contributed by atoms with Crippen LogP contribution in [-0.2, 0) is 14.3 Å². The van der Waals surface area contributed by atoms with Gasteiger partial charge >= 0.3 is 5.97 Å². The fourth-order valence-electron chi connectivity index (χ4n) is 1.41. The van der Waals surface area contributed by atoms with Gasteiger partial charge in [-0.3, -0.25) is 4.79 Å². The van der Waals surface area contributed by atoms with Gasteiger partial charge in [0.15, 0.2) is 0 Å². The summed E-state index contributed by atoms with van der Waals surface area (Å²) in [4.78, 5) is 10.8. The molecule has 88 valence electrons. The lowest BCUT2D eigenvalue weighted by molar-refractivity contribution is -0.141. The molecule has 0 aromatic carbocycles. The molecule has 0 aliphatic carbocycles. The minimum absolute atomic E-state index is 0.0651. The number of carbonyl (C=O) groups is 1. The van der Waals surface area contributed by atoms with E-state index in [0.29, 0.717) is 19.8 Å². The molecule has 1 heterocycles. The molecule has 1 fully saturated rings. The Hall–Kier alpha value is -0.650. The molecule has 1 aliphatic rings. The molecular formula is C10H19NO4. The van der Waals surface area contributed by atoms with Crippen molar-refractivity contribution < 1.29 is 19.4 Å². The van der Waals surface area contributed by atoms with Crippen LogP contribution >= 0.6 is 0 Å². The van der Waals surface area contributed by atoms with Crippen LogP contribution in [0.4, 0.5) is 0 Å². The Labute approximate surface area is 89.8 Å². The monoisotopic (exact) mass is 217 g/mol. The van der Waals surface area contributed by atoms with E-state index in [2.05, 4.69) is 5.32 Å². The summed E-state index contributed by atoms with van der Waals surface area (Å²) in [5.74, 6) is -0.859. The van der Waals surface area contributed by atoms with Crippen molar-refractivity contribution in [3.8, 4) is 0 Å². The molecule has 5 nitrogen and oxygen atoms in total. The first kappa shape index (κ1) is 12.4. The maximum Gasteiger partial charge on any atom is 0.323 e. The summed E-state index contributed by atoms with van der Waals surface area (Å²) in [6, 6.07) is -0.606. The summed E-state index contributed by atoms with van der Waals surface area (Å²) in [7, 11) is 0. The second-order valence-electron chi connectivity index (χ2n) is 3.66. The average Bonchev–Trinajstić information content (AvgIpc) is 2.70. The molecule has 0 saturated carbocycles. The largest absolute Gasteiger partial charge is 0.480 e. The van der Waals surface area contributed by atoms with Gasteiger partial charge in [0.2, 0.25) is 0 Å². The van der Waals surface area contributed by atoms with Crippen LogP contribution in [-0.4, -0.2) is 49.6 Å².